The second-order valence-corrected chi connectivity index (χ2v) is 6.58. The van der Waals surface area contributed by atoms with E-state index in [9.17, 15) is 4.79 Å². The Balaban J connectivity index is 1.44. The van der Waals surface area contributed by atoms with Gasteiger partial charge in [0.05, 0.1) is 6.61 Å². The molecule has 1 aliphatic heterocycles. The Kier molecular flexibility index (Phi) is 5.49. The van der Waals surface area contributed by atoms with Crippen molar-refractivity contribution in [3.05, 3.63) is 23.9 Å². The molecule has 0 N–H and O–H groups in total. The molecule has 0 atom stereocenters. The van der Waals surface area contributed by atoms with Crippen molar-refractivity contribution in [3.63, 3.8) is 0 Å². The number of carbonyl (C=O) groups is 1. The van der Waals surface area contributed by atoms with Crippen LogP contribution in [0.15, 0.2) is 18.3 Å². The van der Waals surface area contributed by atoms with Gasteiger partial charge in [0.15, 0.2) is 0 Å². The molecule has 1 aliphatic carbocycles. The Bertz CT molecular complexity index is 506. The Morgan fingerprint density at radius 1 is 1.26 bits per heavy atom. The lowest BCUT2D eigenvalue weighted by Gasteiger charge is -2.38. The first-order valence-electron chi connectivity index (χ1n) is 8.85. The molecule has 23 heavy (non-hydrogen) atoms. The van der Waals surface area contributed by atoms with E-state index in [-0.39, 0.29) is 0 Å². The standard InChI is InChI=1S/C18H27N3O2/c1-2-12-23-17-7-6-15(13-19-17)14-20-8-10-21(11-9-20)18(22)16-4-3-5-16/h6-7,13,16H,2-5,8-12,14H2,1H3. The number of carbonyl (C=O) groups excluding carboxylic acids is 1. The molecule has 1 aromatic heterocycles. The van der Waals surface area contributed by atoms with Crippen molar-refractivity contribution < 1.29 is 9.53 Å². The van der Waals surface area contributed by atoms with Gasteiger partial charge in [-0.1, -0.05) is 19.4 Å². The molecule has 0 aromatic carbocycles. The predicted octanol–water partition coefficient (Wildman–Crippen LogP) is 2.31. The van der Waals surface area contributed by atoms with Crippen molar-refractivity contribution in [2.24, 2.45) is 5.92 Å². The minimum absolute atomic E-state index is 0.321. The number of hydrogen-bond acceptors (Lipinski definition) is 4. The average Bonchev–Trinajstić information content (AvgIpc) is 2.53. The molecular formula is C18H27N3O2. The van der Waals surface area contributed by atoms with E-state index in [4.69, 9.17) is 4.74 Å². The molecule has 1 saturated carbocycles. The summed E-state index contributed by atoms with van der Waals surface area (Å²) in [7, 11) is 0. The van der Waals surface area contributed by atoms with Gasteiger partial charge in [-0.25, -0.2) is 4.98 Å². The minimum atomic E-state index is 0.321. The Hall–Kier alpha value is -1.62. The SMILES string of the molecule is CCCOc1ccc(CN2CCN(C(=O)C3CCC3)CC2)cn1. The number of piperazine rings is 1. The van der Waals surface area contributed by atoms with E-state index in [1.165, 1.54) is 12.0 Å². The van der Waals surface area contributed by atoms with E-state index < -0.39 is 0 Å². The molecule has 2 fully saturated rings. The molecule has 1 aromatic rings. The Morgan fingerprint density at radius 2 is 2.04 bits per heavy atom. The van der Waals surface area contributed by atoms with Crippen LogP contribution in [-0.2, 0) is 11.3 Å². The predicted molar refractivity (Wildman–Crippen MR) is 89.2 cm³/mol. The van der Waals surface area contributed by atoms with E-state index in [0.717, 1.165) is 52.0 Å². The molecule has 0 bridgehead atoms. The van der Waals surface area contributed by atoms with Gasteiger partial charge in [-0.15, -0.1) is 0 Å². The van der Waals surface area contributed by atoms with Crippen LogP contribution >= 0.6 is 0 Å². The van der Waals surface area contributed by atoms with Gasteiger partial charge < -0.3 is 9.64 Å². The monoisotopic (exact) mass is 317 g/mol. The number of aromatic nitrogens is 1. The zero-order chi connectivity index (χ0) is 16.1. The maximum Gasteiger partial charge on any atom is 0.225 e. The molecule has 126 valence electrons. The van der Waals surface area contributed by atoms with Crippen LogP contribution in [-0.4, -0.2) is 53.5 Å². The first-order valence-corrected chi connectivity index (χ1v) is 8.85. The van der Waals surface area contributed by atoms with Crippen LogP contribution in [0.2, 0.25) is 0 Å². The summed E-state index contributed by atoms with van der Waals surface area (Å²) in [4.78, 5) is 21.1. The first-order chi connectivity index (χ1) is 11.3. The number of hydrogen-bond donors (Lipinski definition) is 0. The molecule has 5 heteroatoms. The van der Waals surface area contributed by atoms with Crippen molar-refractivity contribution in [2.75, 3.05) is 32.8 Å². The number of ether oxygens (including phenoxy) is 1. The maximum atomic E-state index is 12.3. The number of pyridine rings is 1. The summed E-state index contributed by atoms with van der Waals surface area (Å²) in [5, 5.41) is 0. The summed E-state index contributed by atoms with van der Waals surface area (Å²) < 4.78 is 5.51. The van der Waals surface area contributed by atoms with Crippen LogP contribution in [0.3, 0.4) is 0 Å². The summed E-state index contributed by atoms with van der Waals surface area (Å²) in [5.74, 6) is 1.41. The van der Waals surface area contributed by atoms with Crippen molar-refractivity contribution >= 4 is 5.91 Å². The summed E-state index contributed by atoms with van der Waals surface area (Å²) >= 11 is 0. The van der Waals surface area contributed by atoms with Gasteiger partial charge in [0.2, 0.25) is 11.8 Å². The molecule has 2 aliphatic rings. The molecule has 3 rings (SSSR count). The van der Waals surface area contributed by atoms with Crippen molar-refractivity contribution in [2.45, 2.75) is 39.2 Å². The van der Waals surface area contributed by atoms with Gasteiger partial charge in [-0.05, 0) is 24.8 Å². The van der Waals surface area contributed by atoms with Gasteiger partial charge >= 0.3 is 0 Å². The average molecular weight is 317 g/mol. The van der Waals surface area contributed by atoms with Crippen molar-refractivity contribution in [1.29, 1.82) is 0 Å². The second-order valence-electron chi connectivity index (χ2n) is 6.58. The molecule has 0 radical (unpaired) electrons. The van der Waals surface area contributed by atoms with Gasteiger partial charge in [-0.3, -0.25) is 9.69 Å². The van der Waals surface area contributed by atoms with Gasteiger partial charge in [-0.2, -0.15) is 0 Å². The highest BCUT2D eigenvalue weighted by molar-refractivity contribution is 5.79. The quantitative estimate of drug-likeness (QED) is 0.808. The molecule has 0 spiro atoms. The van der Waals surface area contributed by atoms with Gasteiger partial charge in [0, 0.05) is 50.9 Å². The van der Waals surface area contributed by atoms with E-state index in [1.54, 1.807) is 0 Å². The summed E-state index contributed by atoms with van der Waals surface area (Å²) in [6.07, 6.45) is 6.31. The van der Waals surface area contributed by atoms with Crippen LogP contribution < -0.4 is 4.74 Å². The lowest BCUT2D eigenvalue weighted by molar-refractivity contribution is -0.140. The highest BCUT2D eigenvalue weighted by Gasteiger charge is 2.31. The highest BCUT2D eigenvalue weighted by atomic mass is 16.5. The number of rotatable bonds is 6. The molecule has 0 unspecified atom stereocenters. The molecule has 2 heterocycles. The topological polar surface area (TPSA) is 45.7 Å². The highest BCUT2D eigenvalue weighted by Crippen LogP contribution is 2.28. The van der Waals surface area contributed by atoms with Crippen molar-refractivity contribution in [3.8, 4) is 5.88 Å². The van der Waals surface area contributed by atoms with Crippen LogP contribution in [0.4, 0.5) is 0 Å². The summed E-state index contributed by atoms with van der Waals surface area (Å²) in [5.41, 5.74) is 1.20. The fourth-order valence-corrected chi connectivity index (χ4v) is 3.09. The van der Waals surface area contributed by atoms with E-state index in [0.29, 0.717) is 24.3 Å². The zero-order valence-electron chi connectivity index (χ0n) is 14.0. The largest absolute Gasteiger partial charge is 0.478 e. The lowest BCUT2D eigenvalue weighted by atomic mass is 9.84. The van der Waals surface area contributed by atoms with Gasteiger partial charge in [0.1, 0.15) is 0 Å². The summed E-state index contributed by atoms with van der Waals surface area (Å²) in [6, 6.07) is 4.03. The van der Waals surface area contributed by atoms with E-state index in [1.807, 2.05) is 12.3 Å². The van der Waals surface area contributed by atoms with Crippen LogP contribution in [0.5, 0.6) is 5.88 Å². The summed E-state index contributed by atoms with van der Waals surface area (Å²) in [6.45, 7) is 7.32. The molecule has 1 saturated heterocycles. The third-order valence-electron chi connectivity index (χ3n) is 4.80. The van der Waals surface area contributed by atoms with Crippen LogP contribution in [0.1, 0.15) is 38.2 Å². The van der Waals surface area contributed by atoms with E-state index in [2.05, 4.69) is 27.8 Å². The number of amides is 1. The van der Waals surface area contributed by atoms with Crippen molar-refractivity contribution in [1.82, 2.24) is 14.8 Å². The zero-order valence-corrected chi connectivity index (χ0v) is 14.0. The molecular weight excluding hydrogens is 290 g/mol. The minimum Gasteiger partial charge on any atom is -0.478 e. The third-order valence-corrected chi connectivity index (χ3v) is 4.80. The molecule has 5 nitrogen and oxygen atoms in total. The smallest absolute Gasteiger partial charge is 0.225 e. The first kappa shape index (κ1) is 16.2. The van der Waals surface area contributed by atoms with Crippen LogP contribution in [0.25, 0.3) is 0 Å². The van der Waals surface area contributed by atoms with E-state index >= 15 is 0 Å². The lowest BCUT2D eigenvalue weighted by Crippen LogP contribution is -2.50. The third kappa shape index (κ3) is 4.22. The number of nitrogens with zero attached hydrogens (tertiary/aromatic N) is 3. The van der Waals surface area contributed by atoms with Gasteiger partial charge in [0.25, 0.3) is 0 Å². The maximum absolute atomic E-state index is 12.3. The Morgan fingerprint density at radius 3 is 2.61 bits per heavy atom. The fraction of sp³-hybridized carbons (Fsp3) is 0.667. The van der Waals surface area contributed by atoms with Crippen LogP contribution in [0, 0.1) is 5.92 Å². The second kappa shape index (κ2) is 7.77. The normalized spacial score (nSPS) is 19.4. The Labute approximate surface area is 138 Å². The fourth-order valence-electron chi connectivity index (χ4n) is 3.09. The molecule has 1 amide bonds.